The lowest BCUT2D eigenvalue weighted by Crippen LogP contribution is -2.01. The maximum Gasteiger partial charge on any atom is 0.165 e. The number of hydrogen-bond donors (Lipinski definition) is 2. The highest BCUT2D eigenvalue weighted by molar-refractivity contribution is 5.63. The number of anilines is 3. The van der Waals surface area contributed by atoms with Gasteiger partial charge in [-0.05, 0) is 30.2 Å². The van der Waals surface area contributed by atoms with E-state index in [1.807, 2.05) is 24.3 Å². The lowest BCUT2D eigenvalue weighted by Gasteiger charge is -2.11. The average Bonchev–Trinajstić information content (AvgIpc) is 2.43. The number of aryl methyl sites for hydroxylation is 1. The molecule has 1 aromatic carbocycles. The Labute approximate surface area is 112 Å². The third-order valence-electron chi connectivity index (χ3n) is 2.83. The summed E-state index contributed by atoms with van der Waals surface area (Å²) >= 11 is 0. The quantitative estimate of drug-likeness (QED) is 0.876. The summed E-state index contributed by atoms with van der Waals surface area (Å²) in [5.41, 5.74) is 8.56. The van der Waals surface area contributed by atoms with E-state index in [0.717, 1.165) is 18.5 Å². The number of rotatable bonds is 4. The Bertz CT molecular complexity index is 614. The standard InChI is InChI=1S/C15H16N4/c1-2-5-11-6-3-4-7-13(11)18-15-9-8-12(17)14(10-16)19-15/h3-4,6-9H,2,5,17H2,1H3,(H,18,19). The van der Waals surface area contributed by atoms with E-state index in [4.69, 9.17) is 11.0 Å². The van der Waals surface area contributed by atoms with Crippen LogP contribution in [0.1, 0.15) is 24.6 Å². The molecule has 0 atom stereocenters. The normalized spacial score (nSPS) is 9.89. The molecule has 2 rings (SSSR count). The molecule has 0 unspecified atom stereocenters. The predicted octanol–water partition coefficient (Wildman–Crippen LogP) is 3.23. The summed E-state index contributed by atoms with van der Waals surface area (Å²) in [4.78, 5) is 4.19. The molecule has 0 spiro atoms. The van der Waals surface area contributed by atoms with Gasteiger partial charge in [0.25, 0.3) is 0 Å². The Kier molecular flexibility index (Phi) is 3.99. The van der Waals surface area contributed by atoms with Gasteiger partial charge in [0.1, 0.15) is 11.9 Å². The highest BCUT2D eigenvalue weighted by atomic mass is 15.0. The van der Waals surface area contributed by atoms with Crippen LogP contribution in [-0.2, 0) is 6.42 Å². The van der Waals surface area contributed by atoms with Crippen LogP contribution < -0.4 is 11.1 Å². The summed E-state index contributed by atoms with van der Waals surface area (Å²) in [6, 6.07) is 13.6. The number of nitriles is 1. The van der Waals surface area contributed by atoms with E-state index in [2.05, 4.69) is 23.3 Å². The van der Waals surface area contributed by atoms with E-state index in [1.165, 1.54) is 5.56 Å². The first kappa shape index (κ1) is 12.9. The first-order valence-electron chi connectivity index (χ1n) is 6.26. The van der Waals surface area contributed by atoms with Gasteiger partial charge in [0, 0.05) is 5.69 Å². The lowest BCUT2D eigenvalue weighted by molar-refractivity contribution is 0.923. The zero-order chi connectivity index (χ0) is 13.7. The second-order valence-electron chi connectivity index (χ2n) is 4.28. The zero-order valence-corrected chi connectivity index (χ0v) is 10.9. The molecule has 0 amide bonds. The van der Waals surface area contributed by atoms with Crippen LogP contribution >= 0.6 is 0 Å². The fourth-order valence-electron chi connectivity index (χ4n) is 1.90. The van der Waals surface area contributed by atoms with Crippen LogP contribution in [0.15, 0.2) is 36.4 Å². The molecule has 19 heavy (non-hydrogen) atoms. The van der Waals surface area contributed by atoms with Crippen LogP contribution in [0, 0.1) is 11.3 Å². The molecule has 0 bridgehead atoms. The van der Waals surface area contributed by atoms with Crippen molar-refractivity contribution < 1.29 is 0 Å². The van der Waals surface area contributed by atoms with Gasteiger partial charge in [-0.2, -0.15) is 5.26 Å². The van der Waals surface area contributed by atoms with Gasteiger partial charge < -0.3 is 11.1 Å². The smallest absolute Gasteiger partial charge is 0.165 e. The number of pyridine rings is 1. The maximum atomic E-state index is 8.93. The molecule has 96 valence electrons. The third-order valence-corrected chi connectivity index (χ3v) is 2.83. The van der Waals surface area contributed by atoms with Crippen LogP contribution in [0.2, 0.25) is 0 Å². The van der Waals surface area contributed by atoms with Crippen LogP contribution in [0.3, 0.4) is 0 Å². The van der Waals surface area contributed by atoms with Gasteiger partial charge >= 0.3 is 0 Å². The molecule has 1 aromatic heterocycles. The van der Waals surface area contributed by atoms with Gasteiger partial charge in [-0.25, -0.2) is 4.98 Å². The van der Waals surface area contributed by atoms with Crippen LogP contribution in [0.5, 0.6) is 0 Å². The maximum absolute atomic E-state index is 8.93. The van der Waals surface area contributed by atoms with Crippen molar-refractivity contribution in [3.05, 3.63) is 47.7 Å². The molecule has 4 nitrogen and oxygen atoms in total. The van der Waals surface area contributed by atoms with E-state index in [1.54, 1.807) is 12.1 Å². The van der Waals surface area contributed by atoms with Gasteiger partial charge in [0.15, 0.2) is 5.69 Å². The molecule has 0 aliphatic carbocycles. The van der Waals surface area contributed by atoms with Crippen molar-refractivity contribution in [3.63, 3.8) is 0 Å². The van der Waals surface area contributed by atoms with E-state index >= 15 is 0 Å². The SMILES string of the molecule is CCCc1ccccc1Nc1ccc(N)c(C#N)n1. The Hall–Kier alpha value is -2.54. The van der Waals surface area contributed by atoms with Crippen molar-refractivity contribution in [1.82, 2.24) is 4.98 Å². The Morgan fingerprint density at radius 3 is 2.79 bits per heavy atom. The monoisotopic (exact) mass is 252 g/mol. The van der Waals surface area contributed by atoms with Crippen molar-refractivity contribution in [1.29, 1.82) is 5.26 Å². The summed E-state index contributed by atoms with van der Waals surface area (Å²) in [5, 5.41) is 12.2. The van der Waals surface area contributed by atoms with Crippen molar-refractivity contribution in [2.45, 2.75) is 19.8 Å². The Morgan fingerprint density at radius 1 is 1.26 bits per heavy atom. The second-order valence-corrected chi connectivity index (χ2v) is 4.28. The number of nitrogen functional groups attached to an aromatic ring is 1. The van der Waals surface area contributed by atoms with E-state index in [9.17, 15) is 0 Å². The van der Waals surface area contributed by atoms with Gasteiger partial charge in [0.2, 0.25) is 0 Å². The van der Waals surface area contributed by atoms with Crippen LogP contribution in [0.4, 0.5) is 17.2 Å². The topological polar surface area (TPSA) is 74.7 Å². The summed E-state index contributed by atoms with van der Waals surface area (Å²) in [5.74, 6) is 0.634. The van der Waals surface area contributed by atoms with Crippen molar-refractivity contribution in [2.24, 2.45) is 0 Å². The lowest BCUT2D eigenvalue weighted by atomic mass is 10.1. The molecule has 1 heterocycles. The first-order valence-corrected chi connectivity index (χ1v) is 6.26. The largest absolute Gasteiger partial charge is 0.396 e. The second kappa shape index (κ2) is 5.87. The molecule has 0 aliphatic heterocycles. The molecule has 0 radical (unpaired) electrons. The Balaban J connectivity index is 2.29. The molecule has 0 saturated heterocycles. The minimum absolute atomic E-state index is 0.248. The number of aromatic nitrogens is 1. The van der Waals surface area contributed by atoms with E-state index in [0.29, 0.717) is 11.5 Å². The summed E-state index contributed by atoms with van der Waals surface area (Å²) in [6.07, 6.45) is 2.08. The zero-order valence-electron chi connectivity index (χ0n) is 10.9. The first-order chi connectivity index (χ1) is 9.24. The highest BCUT2D eigenvalue weighted by Crippen LogP contribution is 2.22. The molecule has 0 aliphatic rings. The predicted molar refractivity (Wildman–Crippen MR) is 77.1 cm³/mol. The molecular formula is C15H16N4. The minimum Gasteiger partial charge on any atom is -0.396 e. The van der Waals surface area contributed by atoms with Crippen molar-refractivity contribution >= 4 is 17.2 Å². The highest BCUT2D eigenvalue weighted by Gasteiger charge is 2.05. The van der Waals surface area contributed by atoms with Crippen LogP contribution in [0.25, 0.3) is 0 Å². The van der Waals surface area contributed by atoms with Crippen molar-refractivity contribution in [2.75, 3.05) is 11.1 Å². The van der Waals surface area contributed by atoms with Crippen molar-refractivity contribution in [3.8, 4) is 6.07 Å². The van der Waals surface area contributed by atoms with Gasteiger partial charge in [-0.3, -0.25) is 0 Å². The minimum atomic E-state index is 0.248. The summed E-state index contributed by atoms with van der Waals surface area (Å²) in [7, 11) is 0. The average molecular weight is 252 g/mol. The van der Waals surface area contributed by atoms with Crippen LogP contribution in [-0.4, -0.2) is 4.98 Å². The fourth-order valence-corrected chi connectivity index (χ4v) is 1.90. The summed E-state index contributed by atoms with van der Waals surface area (Å²) < 4.78 is 0. The number of nitrogens with two attached hydrogens (primary N) is 1. The van der Waals surface area contributed by atoms with Gasteiger partial charge in [-0.1, -0.05) is 31.5 Å². The number of para-hydroxylation sites is 1. The van der Waals surface area contributed by atoms with Gasteiger partial charge in [-0.15, -0.1) is 0 Å². The Morgan fingerprint density at radius 2 is 2.05 bits per heavy atom. The fraction of sp³-hybridized carbons (Fsp3) is 0.200. The van der Waals surface area contributed by atoms with Gasteiger partial charge in [0.05, 0.1) is 5.69 Å². The third kappa shape index (κ3) is 3.02. The molecule has 4 heteroatoms. The molecule has 3 N–H and O–H groups in total. The number of nitrogens with zero attached hydrogens (tertiary/aromatic N) is 2. The van der Waals surface area contributed by atoms with E-state index < -0.39 is 0 Å². The molecule has 0 saturated carbocycles. The van der Waals surface area contributed by atoms with E-state index in [-0.39, 0.29) is 5.69 Å². The number of benzene rings is 1. The number of nitrogens with one attached hydrogen (secondary N) is 1. The molecule has 0 fully saturated rings. The molecular weight excluding hydrogens is 236 g/mol. The molecule has 2 aromatic rings. The number of hydrogen-bond acceptors (Lipinski definition) is 4. The summed E-state index contributed by atoms with van der Waals surface area (Å²) in [6.45, 7) is 2.14.